The molecule has 0 unspecified atom stereocenters. The van der Waals surface area contributed by atoms with Gasteiger partial charge in [0.2, 0.25) is 11.8 Å². The van der Waals surface area contributed by atoms with Gasteiger partial charge >= 0.3 is 6.18 Å². The molecular formula is C21H16F3N3O2. The fraction of sp³-hybridized carbons (Fsp3) is 0.0952. The zero-order chi connectivity index (χ0) is 20.9. The molecule has 29 heavy (non-hydrogen) atoms. The van der Waals surface area contributed by atoms with Crippen molar-refractivity contribution in [2.75, 3.05) is 5.32 Å². The number of halogens is 3. The predicted molar refractivity (Wildman–Crippen MR) is 104 cm³/mol. The second kappa shape index (κ2) is 8.55. The molecule has 0 saturated heterocycles. The molecule has 0 aromatic heterocycles. The molecule has 3 aromatic carbocycles. The maximum atomic E-state index is 12.7. The van der Waals surface area contributed by atoms with Gasteiger partial charge in [0.1, 0.15) is 6.42 Å². The van der Waals surface area contributed by atoms with Crippen LogP contribution in [0.3, 0.4) is 0 Å². The highest BCUT2D eigenvalue weighted by atomic mass is 19.4. The fourth-order valence-corrected chi connectivity index (χ4v) is 2.70. The lowest BCUT2D eigenvalue weighted by atomic mass is 10.1. The Hall–Kier alpha value is -3.68. The maximum Gasteiger partial charge on any atom is 0.416 e. The molecular weight excluding hydrogens is 383 g/mol. The van der Waals surface area contributed by atoms with Crippen molar-refractivity contribution in [3.8, 4) is 0 Å². The smallest absolute Gasteiger partial charge is 0.326 e. The molecule has 2 N–H and O–H groups in total. The van der Waals surface area contributed by atoms with Gasteiger partial charge in [0.15, 0.2) is 0 Å². The Bertz CT molecular complexity index is 1070. The normalized spacial score (nSPS) is 11.6. The number of hydrogen-bond donors (Lipinski definition) is 2. The van der Waals surface area contributed by atoms with Crippen molar-refractivity contribution in [2.24, 2.45) is 5.10 Å². The fourth-order valence-electron chi connectivity index (χ4n) is 2.70. The number of carbonyl (C=O) groups excluding carboxylic acids is 2. The number of rotatable bonds is 5. The molecule has 0 aliphatic rings. The van der Waals surface area contributed by atoms with Gasteiger partial charge in [-0.1, -0.05) is 48.5 Å². The zero-order valence-corrected chi connectivity index (χ0v) is 15.0. The molecule has 0 heterocycles. The Morgan fingerprint density at radius 1 is 0.931 bits per heavy atom. The van der Waals surface area contributed by atoms with Crippen LogP contribution in [0, 0.1) is 0 Å². The van der Waals surface area contributed by atoms with Crippen molar-refractivity contribution in [1.29, 1.82) is 0 Å². The molecule has 8 heteroatoms. The number of anilines is 1. The first-order chi connectivity index (χ1) is 13.8. The Morgan fingerprint density at radius 3 is 2.45 bits per heavy atom. The van der Waals surface area contributed by atoms with Gasteiger partial charge in [-0.25, -0.2) is 5.43 Å². The number of nitrogens with one attached hydrogen (secondary N) is 2. The van der Waals surface area contributed by atoms with E-state index < -0.39 is 30.0 Å². The third-order valence-electron chi connectivity index (χ3n) is 4.01. The highest BCUT2D eigenvalue weighted by molar-refractivity contribution is 6.04. The summed E-state index contributed by atoms with van der Waals surface area (Å²) >= 11 is 0. The maximum absolute atomic E-state index is 12.7. The molecule has 5 nitrogen and oxygen atoms in total. The summed E-state index contributed by atoms with van der Waals surface area (Å²) in [6, 6.07) is 17.5. The van der Waals surface area contributed by atoms with E-state index in [-0.39, 0.29) is 5.69 Å². The van der Waals surface area contributed by atoms with Gasteiger partial charge in [0.05, 0.1) is 11.8 Å². The highest BCUT2D eigenvalue weighted by Crippen LogP contribution is 2.30. The molecule has 0 fully saturated rings. The third-order valence-corrected chi connectivity index (χ3v) is 4.01. The second-order valence-electron chi connectivity index (χ2n) is 6.17. The molecule has 0 atom stereocenters. The summed E-state index contributed by atoms with van der Waals surface area (Å²) in [6.07, 6.45) is -3.64. The lowest BCUT2D eigenvalue weighted by Crippen LogP contribution is -2.24. The van der Waals surface area contributed by atoms with Crippen LogP contribution in [0.5, 0.6) is 0 Å². The van der Waals surface area contributed by atoms with Crippen molar-refractivity contribution in [3.63, 3.8) is 0 Å². The molecule has 0 aliphatic carbocycles. The van der Waals surface area contributed by atoms with Crippen LogP contribution >= 0.6 is 0 Å². The average molecular weight is 399 g/mol. The van der Waals surface area contributed by atoms with E-state index in [1.54, 1.807) is 0 Å². The quantitative estimate of drug-likeness (QED) is 0.381. The van der Waals surface area contributed by atoms with Crippen molar-refractivity contribution in [2.45, 2.75) is 12.6 Å². The van der Waals surface area contributed by atoms with E-state index in [0.29, 0.717) is 0 Å². The molecule has 2 amide bonds. The topological polar surface area (TPSA) is 70.6 Å². The van der Waals surface area contributed by atoms with E-state index in [4.69, 9.17) is 0 Å². The summed E-state index contributed by atoms with van der Waals surface area (Å²) in [5.41, 5.74) is 2.09. The van der Waals surface area contributed by atoms with Crippen LogP contribution in [0.4, 0.5) is 18.9 Å². The van der Waals surface area contributed by atoms with Gasteiger partial charge in [-0.2, -0.15) is 18.3 Å². The number of hydrogen-bond acceptors (Lipinski definition) is 3. The van der Waals surface area contributed by atoms with Gasteiger partial charge in [-0.05, 0) is 29.0 Å². The number of fused-ring (bicyclic) bond motifs is 1. The van der Waals surface area contributed by atoms with Crippen LogP contribution in [0.1, 0.15) is 17.5 Å². The molecule has 0 bridgehead atoms. The Balaban J connectivity index is 1.57. The number of benzene rings is 3. The Labute approximate surface area is 164 Å². The number of alkyl halides is 3. The van der Waals surface area contributed by atoms with E-state index in [1.807, 2.05) is 42.5 Å². The van der Waals surface area contributed by atoms with Crippen molar-refractivity contribution >= 4 is 34.5 Å². The van der Waals surface area contributed by atoms with Gasteiger partial charge in [-0.3, -0.25) is 9.59 Å². The Morgan fingerprint density at radius 2 is 1.66 bits per heavy atom. The van der Waals surface area contributed by atoms with Gasteiger partial charge in [-0.15, -0.1) is 0 Å². The summed E-state index contributed by atoms with van der Waals surface area (Å²) in [5, 5.41) is 8.08. The van der Waals surface area contributed by atoms with Crippen LogP contribution in [-0.2, 0) is 15.8 Å². The standard InChI is InChI=1S/C21H16F3N3O2/c22-21(23,24)16-8-4-9-17(11-16)26-19(28)12-20(29)27-25-13-15-7-3-6-14-5-1-2-10-18(14)15/h1-11,13H,12H2,(H,26,28)(H,27,29). The van der Waals surface area contributed by atoms with Gasteiger partial charge in [0, 0.05) is 11.3 Å². The summed E-state index contributed by atoms with van der Waals surface area (Å²) < 4.78 is 38.1. The van der Waals surface area contributed by atoms with Gasteiger partial charge < -0.3 is 5.32 Å². The summed E-state index contributed by atoms with van der Waals surface area (Å²) in [6.45, 7) is 0. The largest absolute Gasteiger partial charge is 0.416 e. The van der Waals surface area contributed by atoms with Gasteiger partial charge in [0.25, 0.3) is 0 Å². The molecule has 0 saturated carbocycles. The predicted octanol–water partition coefficient (Wildman–Crippen LogP) is 4.34. The average Bonchev–Trinajstić information content (AvgIpc) is 2.67. The Kier molecular flexibility index (Phi) is 5.92. The zero-order valence-electron chi connectivity index (χ0n) is 15.0. The minimum Gasteiger partial charge on any atom is -0.326 e. The van der Waals surface area contributed by atoms with Crippen LogP contribution < -0.4 is 10.7 Å². The monoisotopic (exact) mass is 399 g/mol. The molecule has 0 spiro atoms. The second-order valence-corrected chi connectivity index (χ2v) is 6.17. The number of carbonyl (C=O) groups is 2. The van der Waals surface area contributed by atoms with Crippen LogP contribution in [0.25, 0.3) is 10.8 Å². The molecule has 0 aliphatic heterocycles. The van der Waals surface area contributed by atoms with E-state index in [0.717, 1.165) is 28.5 Å². The number of hydrazone groups is 1. The molecule has 0 radical (unpaired) electrons. The lowest BCUT2D eigenvalue weighted by molar-refractivity contribution is -0.137. The summed E-state index contributed by atoms with van der Waals surface area (Å²) in [7, 11) is 0. The van der Waals surface area contributed by atoms with Crippen LogP contribution in [-0.4, -0.2) is 18.0 Å². The van der Waals surface area contributed by atoms with Crippen LogP contribution in [0.2, 0.25) is 0 Å². The lowest BCUT2D eigenvalue weighted by Gasteiger charge is -2.09. The number of nitrogens with zero attached hydrogens (tertiary/aromatic N) is 1. The SMILES string of the molecule is O=C(CC(=O)Nc1cccc(C(F)(F)F)c1)NN=Cc1cccc2ccccc12. The summed E-state index contributed by atoms with van der Waals surface area (Å²) in [4.78, 5) is 23.7. The first-order valence-electron chi connectivity index (χ1n) is 8.60. The molecule has 3 rings (SSSR count). The molecule has 148 valence electrons. The highest BCUT2D eigenvalue weighted by Gasteiger charge is 2.30. The first kappa shape index (κ1) is 20.1. The summed E-state index contributed by atoms with van der Waals surface area (Å²) in [5.74, 6) is -1.44. The van der Waals surface area contributed by atoms with Crippen molar-refractivity contribution < 1.29 is 22.8 Å². The minimum atomic E-state index is -4.52. The van der Waals surface area contributed by atoms with E-state index in [9.17, 15) is 22.8 Å². The van der Waals surface area contributed by atoms with E-state index in [2.05, 4.69) is 15.8 Å². The van der Waals surface area contributed by atoms with E-state index in [1.165, 1.54) is 18.3 Å². The minimum absolute atomic E-state index is 0.0446. The first-order valence-corrected chi connectivity index (χ1v) is 8.60. The van der Waals surface area contributed by atoms with Crippen LogP contribution in [0.15, 0.2) is 71.8 Å². The van der Waals surface area contributed by atoms with E-state index >= 15 is 0 Å². The van der Waals surface area contributed by atoms with Crippen molar-refractivity contribution in [1.82, 2.24) is 5.43 Å². The number of amides is 2. The third kappa shape index (κ3) is 5.41. The molecule has 3 aromatic rings. The van der Waals surface area contributed by atoms with Crippen molar-refractivity contribution in [3.05, 3.63) is 77.9 Å².